The topological polar surface area (TPSA) is 47.4 Å². The van der Waals surface area contributed by atoms with Gasteiger partial charge in [-0.15, -0.1) is 0 Å². The van der Waals surface area contributed by atoms with E-state index in [4.69, 9.17) is 4.78 Å². The van der Waals surface area contributed by atoms with Crippen LogP contribution in [0.4, 0.5) is 0 Å². The number of nitrogens with zero attached hydrogens (tertiary/aromatic N) is 2. The van der Waals surface area contributed by atoms with Crippen molar-refractivity contribution in [2.75, 3.05) is 32.9 Å². The van der Waals surface area contributed by atoms with E-state index < -0.39 is 9.92 Å². The van der Waals surface area contributed by atoms with Crippen LogP contribution in [0.25, 0.3) is 0 Å². The van der Waals surface area contributed by atoms with Gasteiger partial charge >= 0.3 is 0 Å². The highest BCUT2D eigenvalue weighted by atomic mass is 32.2. The first-order chi connectivity index (χ1) is 6.44. The molecule has 14 heavy (non-hydrogen) atoms. The molecule has 2 aliphatic rings. The average Bonchev–Trinajstić information content (AvgIpc) is 2.00. The van der Waals surface area contributed by atoms with Crippen LogP contribution in [0.1, 0.15) is 19.3 Å². The normalized spacial score (nSPS) is 32.4. The first-order valence-electron chi connectivity index (χ1n) is 5.14. The summed E-state index contributed by atoms with van der Waals surface area (Å²) in [5.41, 5.74) is 0.111. The summed E-state index contributed by atoms with van der Waals surface area (Å²) < 4.78 is 21.3. The lowest BCUT2D eigenvalue weighted by molar-refractivity contribution is 0.0141. The molecule has 2 aliphatic heterocycles. The second-order valence-corrected chi connectivity index (χ2v) is 6.73. The smallest absolute Gasteiger partial charge is 0.105 e. The standard InChI is InChI=1S/C9H19N3OS/c1-11-6-3-9(4-7-11)5-8-12(9)14(2,10)13/h10H,3-8H2,1-2H3. The fourth-order valence-corrected chi connectivity index (χ4v) is 4.05. The Labute approximate surface area is 86.4 Å². The molecule has 5 heteroatoms. The zero-order valence-corrected chi connectivity index (χ0v) is 9.77. The molecule has 2 heterocycles. The molecule has 82 valence electrons. The van der Waals surface area contributed by atoms with Crippen LogP contribution < -0.4 is 0 Å². The molecule has 0 radical (unpaired) electrons. The van der Waals surface area contributed by atoms with E-state index >= 15 is 0 Å². The number of hydrogen-bond acceptors (Lipinski definition) is 3. The van der Waals surface area contributed by atoms with Gasteiger partial charge < -0.3 is 4.90 Å². The van der Waals surface area contributed by atoms with Gasteiger partial charge in [0.15, 0.2) is 0 Å². The van der Waals surface area contributed by atoms with Gasteiger partial charge in [-0.3, -0.25) is 0 Å². The second-order valence-electron chi connectivity index (χ2n) is 4.68. The van der Waals surface area contributed by atoms with Crippen molar-refractivity contribution in [3.8, 4) is 0 Å². The Hall–Kier alpha value is -0.130. The SMILES string of the molecule is CN1CCC2(CC1)CCN2S(C)(=N)=O. The van der Waals surface area contributed by atoms with Crippen molar-refractivity contribution in [1.29, 1.82) is 4.78 Å². The predicted molar refractivity (Wildman–Crippen MR) is 57.6 cm³/mol. The minimum atomic E-state index is -2.48. The fraction of sp³-hybridized carbons (Fsp3) is 1.00. The van der Waals surface area contributed by atoms with Crippen molar-refractivity contribution in [2.24, 2.45) is 0 Å². The van der Waals surface area contributed by atoms with Crippen molar-refractivity contribution in [1.82, 2.24) is 9.21 Å². The zero-order chi connectivity index (χ0) is 10.4. The zero-order valence-electron chi connectivity index (χ0n) is 8.95. The Kier molecular flexibility index (Phi) is 2.36. The largest absolute Gasteiger partial charge is 0.306 e. The van der Waals surface area contributed by atoms with Crippen molar-refractivity contribution in [3.05, 3.63) is 0 Å². The monoisotopic (exact) mass is 217 g/mol. The first-order valence-corrected chi connectivity index (χ1v) is 7.07. The van der Waals surface area contributed by atoms with Crippen molar-refractivity contribution >= 4 is 9.92 Å². The molecule has 2 rings (SSSR count). The number of piperidine rings is 1. The molecule has 0 amide bonds. The maximum absolute atomic E-state index is 11.7. The van der Waals surface area contributed by atoms with Crippen LogP contribution in [0.5, 0.6) is 0 Å². The number of nitrogens with one attached hydrogen (secondary N) is 1. The Balaban J connectivity index is 2.11. The van der Waals surface area contributed by atoms with Gasteiger partial charge in [-0.2, -0.15) is 0 Å². The Morgan fingerprint density at radius 1 is 1.21 bits per heavy atom. The lowest BCUT2D eigenvalue weighted by Crippen LogP contribution is -2.64. The summed E-state index contributed by atoms with van der Waals surface area (Å²) in [6, 6.07) is 0. The summed E-state index contributed by atoms with van der Waals surface area (Å²) >= 11 is 0. The van der Waals surface area contributed by atoms with Crippen molar-refractivity contribution in [3.63, 3.8) is 0 Å². The maximum atomic E-state index is 11.7. The van der Waals surface area contributed by atoms with Crippen molar-refractivity contribution in [2.45, 2.75) is 24.8 Å². The minimum Gasteiger partial charge on any atom is -0.306 e. The van der Waals surface area contributed by atoms with Crippen LogP contribution in [0, 0.1) is 4.78 Å². The Bertz CT molecular complexity index is 317. The van der Waals surface area contributed by atoms with Gasteiger partial charge in [0.2, 0.25) is 0 Å². The third-order valence-corrected chi connectivity index (χ3v) is 5.06. The molecule has 0 aromatic rings. The molecule has 2 saturated heterocycles. The number of rotatable bonds is 1. The van der Waals surface area contributed by atoms with E-state index in [1.54, 1.807) is 6.26 Å². The third-order valence-electron chi connectivity index (χ3n) is 3.65. The summed E-state index contributed by atoms with van der Waals surface area (Å²) in [7, 11) is -0.352. The first kappa shape index (κ1) is 10.4. The summed E-state index contributed by atoms with van der Waals surface area (Å²) in [6.45, 7) is 3.00. The van der Waals surface area contributed by atoms with Crippen LogP contribution in [-0.4, -0.2) is 51.9 Å². The van der Waals surface area contributed by atoms with E-state index in [-0.39, 0.29) is 5.54 Å². The van der Waals surface area contributed by atoms with Crippen LogP contribution >= 0.6 is 0 Å². The minimum absolute atomic E-state index is 0.111. The molecule has 0 aromatic carbocycles. The highest BCUT2D eigenvalue weighted by Gasteiger charge is 2.48. The van der Waals surface area contributed by atoms with Gasteiger partial charge in [-0.05, 0) is 39.4 Å². The predicted octanol–water partition coefficient (Wildman–Crippen LogP) is 0.748. The van der Waals surface area contributed by atoms with Gasteiger partial charge in [0, 0.05) is 18.3 Å². The quantitative estimate of drug-likeness (QED) is 0.704. The third kappa shape index (κ3) is 1.57. The average molecular weight is 217 g/mol. The van der Waals surface area contributed by atoms with E-state index in [2.05, 4.69) is 11.9 Å². The summed E-state index contributed by atoms with van der Waals surface area (Å²) in [6.07, 6.45) is 4.83. The molecular weight excluding hydrogens is 198 g/mol. The van der Waals surface area contributed by atoms with Gasteiger partial charge in [0.05, 0.1) is 0 Å². The van der Waals surface area contributed by atoms with E-state index in [9.17, 15) is 4.21 Å². The number of likely N-dealkylation sites (tertiary alicyclic amines) is 1. The van der Waals surface area contributed by atoms with Crippen molar-refractivity contribution < 1.29 is 4.21 Å². The van der Waals surface area contributed by atoms with E-state index in [0.29, 0.717) is 0 Å². The summed E-state index contributed by atoms with van der Waals surface area (Å²) in [4.78, 5) is 2.31. The van der Waals surface area contributed by atoms with Gasteiger partial charge in [-0.1, -0.05) is 0 Å². The molecule has 2 fully saturated rings. The Morgan fingerprint density at radius 2 is 1.71 bits per heavy atom. The highest BCUT2D eigenvalue weighted by Crippen LogP contribution is 2.41. The lowest BCUT2D eigenvalue weighted by Gasteiger charge is -2.55. The summed E-state index contributed by atoms with van der Waals surface area (Å²) in [5, 5.41) is 0. The van der Waals surface area contributed by atoms with Gasteiger partial charge in [0.25, 0.3) is 0 Å². The van der Waals surface area contributed by atoms with Crippen LogP contribution in [0.2, 0.25) is 0 Å². The molecule has 0 bridgehead atoms. The van der Waals surface area contributed by atoms with Gasteiger partial charge in [-0.25, -0.2) is 13.3 Å². The second kappa shape index (κ2) is 3.18. The lowest BCUT2D eigenvalue weighted by atomic mass is 9.79. The maximum Gasteiger partial charge on any atom is 0.105 e. The molecule has 1 atom stereocenters. The van der Waals surface area contributed by atoms with E-state index in [1.165, 1.54) is 0 Å². The molecule has 1 N–H and O–H groups in total. The highest BCUT2D eigenvalue weighted by molar-refractivity contribution is 7.89. The molecule has 1 unspecified atom stereocenters. The molecule has 0 aliphatic carbocycles. The van der Waals surface area contributed by atoms with Crippen LogP contribution in [0.3, 0.4) is 0 Å². The van der Waals surface area contributed by atoms with Crippen LogP contribution in [-0.2, 0) is 9.92 Å². The molecule has 0 saturated carbocycles. The Morgan fingerprint density at radius 3 is 2.07 bits per heavy atom. The summed E-state index contributed by atoms with van der Waals surface area (Å²) in [5.74, 6) is 0. The molecular formula is C9H19N3OS. The van der Waals surface area contributed by atoms with E-state index in [1.807, 2.05) is 4.31 Å². The molecule has 1 spiro atoms. The van der Waals surface area contributed by atoms with Gasteiger partial charge in [0.1, 0.15) is 9.92 Å². The molecule has 4 nitrogen and oxygen atoms in total. The van der Waals surface area contributed by atoms with E-state index in [0.717, 1.165) is 38.9 Å². The molecule has 0 aromatic heterocycles. The number of hydrogen-bond donors (Lipinski definition) is 1. The fourth-order valence-electron chi connectivity index (χ4n) is 2.60. The van der Waals surface area contributed by atoms with Crippen LogP contribution in [0.15, 0.2) is 0 Å².